The van der Waals surface area contributed by atoms with Crippen molar-refractivity contribution in [2.75, 3.05) is 13.1 Å². The summed E-state index contributed by atoms with van der Waals surface area (Å²) in [7, 11) is 0. The fourth-order valence-corrected chi connectivity index (χ4v) is 2.06. The number of likely N-dealkylation sites (N-methyl/N-ethyl adjacent to an activating group) is 1. The number of aliphatic hydroxyl groups excluding tert-OH is 1. The van der Waals surface area contributed by atoms with Crippen LogP contribution in [0.5, 0.6) is 0 Å². The standard InChI is InChI=1S/C11H16BrN3O4/c1-3-13-4-8(16)5-14-6-9(15(18)19)7(2)10(12)11(14)17/h6,8,13,16H,3-5H2,1-2H3. The molecule has 1 atom stereocenters. The van der Waals surface area contributed by atoms with E-state index in [4.69, 9.17) is 0 Å². The third kappa shape index (κ3) is 3.85. The van der Waals surface area contributed by atoms with Crippen LogP contribution in [0.25, 0.3) is 0 Å². The highest BCUT2D eigenvalue weighted by molar-refractivity contribution is 9.10. The molecule has 0 radical (unpaired) electrons. The quantitative estimate of drug-likeness (QED) is 0.592. The average Bonchev–Trinajstić information content (AvgIpc) is 2.36. The van der Waals surface area contributed by atoms with Gasteiger partial charge in [-0.05, 0) is 29.4 Å². The van der Waals surface area contributed by atoms with Crippen LogP contribution in [0, 0.1) is 17.0 Å². The van der Waals surface area contributed by atoms with Gasteiger partial charge < -0.3 is 15.0 Å². The van der Waals surface area contributed by atoms with E-state index in [-0.39, 0.29) is 22.3 Å². The molecule has 1 heterocycles. The fourth-order valence-electron chi connectivity index (χ4n) is 1.62. The van der Waals surface area contributed by atoms with E-state index < -0.39 is 16.6 Å². The molecule has 0 bridgehead atoms. The third-order valence-corrected chi connectivity index (χ3v) is 3.61. The first-order valence-electron chi connectivity index (χ1n) is 5.81. The van der Waals surface area contributed by atoms with Crippen LogP contribution in [0.3, 0.4) is 0 Å². The molecule has 0 aliphatic heterocycles. The molecular weight excluding hydrogens is 318 g/mol. The lowest BCUT2D eigenvalue weighted by atomic mass is 10.2. The van der Waals surface area contributed by atoms with Gasteiger partial charge in [-0.15, -0.1) is 0 Å². The van der Waals surface area contributed by atoms with E-state index in [1.54, 1.807) is 0 Å². The van der Waals surface area contributed by atoms with Crippen LogP contribution < -0.4 is 10.9 Å². The first-order valence-corrected chi connectivity index (χ1v) is 6.60. The molecule has 0 aliphatic carbocycles. The summed E-state index contributed by atoms with van der Waals surface area (Å²) in [6.45, 7) is 4.42. The number of nitrogens with one attached hydrogen (secondary N) is 1. The number of nitro groups is 1. The van der Waals surface area contributed by atoms with Crippen molar-refractivity contribution in [1.29, 1.82) is 0 Å². The van der Waals surface area contributed by atoms with Crippen LogP contribution in [0.4, 0.5) is 5.69 Å². The van der Waals surface area contributed by atoms with Crippen molar-refractivity contribution in [3.8, 4) is 0 Å². The van der Waals surface area contributed by atoms with E-state index in [0.29, 0.717) is 13.1 Å². The van der Waals surface area contributed by atoms with Gasteiger partial charge in [0.1, 0.15) is 0 Å². The average molecular weight is 334 g/mol. The maximum Gasteiger partial charge on any atom is 0.289 e. The Morgan fingerprint density at radius 2 is 2.26 bits per heavy atom. The minimum atomic E-state index is -0.785. The summed E-state index contributed by atoms with van der Waals surface area (Å²) in [6.07, 6.45) is 0.379. The van der Waals surface area contributed by atoms with Gasteiger partial charge >= 0.3 is 0 Å². The zero-order valence-corrected chi connectivity index (χ0v) is 12.3. The maximum absolute atomic E-state index is 11.9. The Balaban J connectivity index is 3.08. The van der Waals surface area contributed by atoms with Gasteiger partial charge in [0.05, 0.1) is 28.2 Å². The Hall–Kier alpha value is -1.25. The van der Waals surface area contributed by atoms with E-state index in [0.717, 1.165) is 10.8 Å². The summed E-state index contributed by atoms with van der Waals surface area (Å²) in [5, 5.41) is 23.6. The predicted octanol–water partition coefficient (Wildman–Crippen LogP) is 0.798. The Kier molecular flexibility index (Phi) is 5.64. The second kappa shape index (κ2) is 6.78. The number of aromatic nitrogens is 1. The van der Waals surface area contributed by atoms with Crippen molar-refractivity contribution in [3.05, 3.63) is 36.7 Å². The number of nitrogens with zero attached hydrogens (tertiary/aromatic N) is 2. The van der Waals surface area contributed by atoms with Crippen molar-refractivity contribution >= 4 is 21.6 Å². The SMILES string of the molecule is CCNCC(O)Cn1cc([N+](=O)[O-])c(C)c(Br)c1=O. The summed E-state index contributed by atoms with van der Waals surface area (Å²) in [4.78, 5) is 22.3. The first-order chi connectivity index (χ1) is 8.88. The molecule has 1 unspecified atom stereocenters. The van der Waals surface area contributed by atoms with Crippen LogP contribution in [-0.4, -0.2) is 33.8 Å². The van der Waals surface area contributed by atoms with Crippen LogP contribution in [0.1, 0.15) is 12.5 Å². The summed E-state index contributed by atoms with van der Waals surface area (Å²) < 4.78 is 1.30. The van der Waals surface area contributed by atoms with Crippen molar-refractivity contribution in [2.45, 2.75) is 26.5 Å². The summed E-state index contributed by atoms with van der Waals surface area (Å²) in [5.74, 6) is 0. The topological polar surface area (TPSA) is 97.4 Å². The molecule has 0 amide bonds. The highest BCUT2D eigenvalue weighted by Gasteiger charge is 2.19. The van der Waals surface area contributed by atoms with Gasteiger partial charge in [0.2, 0.25) is 0 Å². The van der Waals surface area contributed by atoms with E-state index in [1.165, 1.54) is 6.92 Å². The van der Waals surface area contributed by atoms with Crippen LogP contribution in [0.15, 0.2) is 15.5 Å². The number of rotatable bonds is 6. The zero-order valence-electron chi connectivity index (χ0n) is 10.7. The zero-order chi connectivity index (χ0) is 14.6. The van der Waals surface area contributed by atoms with Crippen LogP contribution in [0.2, 0.25) is 0 Å². The van der Waals surface area contributed by atoms with Gasteiger partial charge in [-0.3, -0.25) is 14.9 Å². The molecular formula is C11H16BrN3O4. The van der Waals surface area contributed by atoms with E-state index in [9.17, 15) is 20.0 Å². The molecule has 0 saturated carbocycles. The molecule has 0 fully saturated rings. The summed E-state index contributed by atoms with van der Waals surface area (Å²) in [5.41, 5.74) is -0.256. The first kappa shape index (κ1) is 15.8. The smallest absolute Gasteiger partial charge is 0.289 e. The van der Waals surface area contributed by atoms with E-state index >= 15 is 0 Å². The largest absolute Gasteiger partial charge is 0.390 e. The lowest BCUT2D eigenvalue weighted by Crippen LogP contribution is -2.34. The fraction of sp³-hybridized carbons (Fsp3) is 0.545. The monoisotopic (exact) mass is 333 g/mol. The van der Waals surface area contributed by atoms with Gasteiger partial charge in [0, 0.05) is 12.1 Å². The Morgan fingerprint density at radius 1 is 1.63 bits per heavy atom. The molecule has 2 N–H and O–H groups in total. The van der Waals surface area contributed by atoms with Crippen LogP contribution >= 0.6 is 15.9 Å². The molecule has 0 spiro atoms. The van der Waals surface area contributed by atoms with Crippen molar-refractivity contribution < 1.29 is 10.0 Å². The van der Waals surface area contributed by atoms with E-state index in [1.807, 2.05) is 6.92 Å². The summed E-state index contributed by atoms with van der Waals surface area (Å²) >= 11 is 3.06. The highest BCUT2D eigenvalue weighted by atomic mass is 79.9. The Labute approximate surface area is 118 Å². The van der Waals surface area contributed by atoms with Crippen molar-refractivity contribution in [2.24, 2.45) is 0 Å². The second-order valence-electron chi connectivity index (χ2n) is 4.13. The van der Waals surface area contributed by atoms with Gasteiger partial charge in [-0.2, -0.15) is 0 Å². The Bertz CT molecular complexity index is 529. The number of hydrogen-bond acceptors (Lipinski definition) is 5. The summed E-state index contributed by atoms with van der Waals surface area (Å²) in [6, 6.07) is 0. The van der Waals surface area contributed by atoms with Gasteiger partial charge in [-0.1, -0.05) is 6.92 Å². The molecule has 7 nitrogen and oxygen atoms in total. The number of aliphatic hydroxyl groups is 1. The molecule has 0 aromatic carbocycles. The normalized spacial score (nSPS) is 12.4. The minimum Gasteiger partial charge on any atom is -0.390 e. The van der Waals surface area contributed by atoms with Gasteiger partial charge in [0.15, 0.2) is 0 Å². The lowest BCUT2D eigenvalue weighted by molar-refractivity contribution is -0.386. The molecule has 1 aromatic rings. The predicted molar refractivity (Wildman–Crippen MR) is 74.3 cm³/mol. The minimum absolute atomic E-state index is 0.00551. The molecule has 0 saturated heterocycles. The molecule has 8 heteroatoms. The van der Waals surface area contributed by atoms with Crippen molar-refractivity contribution in [1.82, 2.24) is 9.88 Å². The number of pyridine rings is 1. The maximum atomic E-state index is 11.9. The van der Waals surface area contributed by atoms with Gasteiger partial charge in [0.25, 0.3) is 11.2 Å². The molecule has 1 aromatic heterocycles. The molecule has 1 rings (SSSR count). The van der Waals surface area contributed by atoms with Gasteiger partial charge in [-0.25, -0.2) is 0 Å². The third-order valence-electron chi connectivity index (χ3n) is 2.67. The molecule has 106 valence electrons. The second-order valence-corrected chi connectivity index (χ2v) is 4.92. The highest BCUT2D eigenvalue weighted by Crippen LogP contribution is 2.22. The number of hydrogen-bond donors (Lipinski definition) is 2. The molecule has 0 aliphatic rings. The van der Waals surface area contributed by atoms with E-state index in [2.05, 4.69) is 21.2 Å². The Morgan fingerprint density at radius 3 is 2.79 bits per heavy atom. The van der Waals surface area contributed by atoms with Crippen LogP contribution in [-0.2, 0) is 6.54 Å². The number of halogens is 1. The lowest BCUT2D eigenvalue weighted by Gasteiger charge is -2.13. The van der Waals surface area contributed by atoms with Crippen molar-refractivity contribution in [3.63, 3.8) is 0 Å². The molecule has 19 heavy (non-hydrogen) atoms.